The van der Waals surface area contributed by atoms with Crippen LogP contribution in [-0.2, 0) is 0 Å². The summed E-state index contributed by atoms with van der Waals surface area (Å²) in [5.41, 5.74) is 4.44. The second-order valence-electron chi connectivity index (χ2n) is 3.68. The molecule has 0 N–H and O–H groups in total. The number of hydrogen-bond donors (Lipinski definition) is 0. The lowest BCUT2D eigenvalue weighted by molar-refractivity contribution is 1.22. The van der Waals surface area contributed by atoms with Crippen LogP contribution in [-0.4, -0.2) is 9.38 Å². The van der Waals surface area contributed by atoms with Gasteiger partial charge in [0.15, 0.2) is 0 Å². The van der Waals surface area contributed by atoms with Crippen molar-refractivity contribution in [3.05, 3.63) is 46.6 Å². The first-order chi connectivity index (χ1) is 7.24. The summed E-state index contributed by atoms with van der Waals surface area (Å²) in [6.45, 7) is 2.09. The Morgan fingerprint density at radius 2 is 2.07 bits per heavy atom. The van der Waals surface area contributed by atoms with Gasteiger partial charge in [-0.2, -0.15) is 0 Å². The van der Waals surface area contributed by atoms with E-state index < -0.39 is 0 Å². The van der Waals surface area contributed by atoms with Gasteiger partial charge in [-0.3, -0.25) is 4.40 Å². The molecule has 2 aromatic heterocycles. The van der Waals surface area contributed by atoms with Crippen LogP contribution in [0.2, 0.25) is 0 Å². The number of hydrogen-bond acceptors (Lipinski definition) is 1. The van der Waals surface area contributed by atoms with Crippen LogP contribution in [0.4, 0.5) is 0 Å². The lowest BCUT2D eigenvalue weighted by Gasteiger charge is -1.96. The van der Waals surface area contributed by atoms with Crippen molar-refractivity contribution < 1.29 is 0 Å². The number of aromatic nitrogens is 2. The molecule has 2 nitrogen and oxygen atoms in total. The minimum absolute atomic E-state index is 0.977. The molecule has 0 amide bonds. The average Bonchev–Trinajstić information content (AvgIpc) is 2.54. The van der Waals surface area contributed by atoms with Crippen LogP contribution in [0.3, 0.4) is 0 Å². The Morgan fingerprint density at radius 1 is 1.20 bits per heavy atom. The summed E-state index contributed by atoms with van der Waals surface area (Å²) in [5.74, 6) is 0. The van der Waals surface area contributed by atoms with Crippen LogP contribution >= 0.6 is 15.9 Å². The van der Waals surface area contributed by atoms with E-state index in [0.717, 1.165) is 21.2 Å². The van der Waals surface area contributed by atoms with Gasteiger partial charge in [0.25, 0.3) is 0 Å². The first kappa shape index (κ1) is 8.92. The number of halogens is 1. The van der Waals surface area contributed by atoms with Crippen molar-refractivity contribution in [3.8, 4) is 0 Å². The summed E-state index contributed by atoms with van der Waals surface area (Å²) < 4.78 is 3.16. The minimum Gasteiger partial charge on any atom is -0.300 e. The monoisotopic (exact) mass is 260 g/mol. The van der Waals surface area contributed by atoms with Crippen LogP contribution in [0, 0.1) is 6.92 Å². The van der Waals surface area contributed by atoms with Crippen molar-refractivity contribution in [1.82, 2.24) is 9.38 Å². The van der Waals surface area contributed by atoms with E-state index in [2.05, 4.69) is 50.4 Å². The Labute approximate surface area is 95.7 Å². The van der Waals surface area contributed by atoms with E-state index in [9.17, 15) is 0 Å². The molecule has 0 aliphatic heterocycles. The van der Waals surface area contributed by atoms with E-state index in [4.69, 9.17) is 0 Å². The number of imidazole rings is 1. The van der Waals surface area contributed by atoms with Crippen LogP contribution in [0.5, 0.6) is 0 Å². The fourth-order valence-electron chi connectivity index (χ4n) is 1.80. The highest BCUT2D eigenvalue weighted by atomic mass is 79.9. The van der Waals surface area contributed by atoms with Gasteiger partial charge < -0.3 is 0 Å². The molecule has 2 heterocycles. The molecule has 0 saturated heterocycles. The molecule has 0 radical (unpaired) electrons. The van der Waals surface area contributed by atoms with Crippen molar-refractivity contribution >= 4 is 32.6 Å². The second kappa shape index (κ2) is 3.07. The zero-order valence-corrected chi connectivity index (χ0v) is 9.82. The fourth-order valence-corrected chi connectivity index (χ4v) is 2.12. The molecule has 0 saturated carbocycles. The van der Waals surface area contributed by atoms with Gasteiger partial charge in [-0.25, -0.2) is 4.98 Å². The van der Waals surface area contributed by atoms with Crippen molar-refractivity contribution in [1.29, 1.82) is 0 Å². The largest absolute Gasteiger partial charge is 0.300 e. The summed E-state index contributed by atoms with van der Waals surface area (Å²) >= 11 is 3.45. The molecule has 0 atom stereocenters. The molecule has 0 aliphatic carbocycles. The Bertz CT molecular complexity index is 655. The molecule has 74 valence electrons. The van der Waals surface area contributed by atoms with Gasteiger partial charge >= 0.3 is 0 Å². The molecule has 3 rings (SSSR count). The topological polar surface area (TPSA) is 17.3 Å². The van der Waals surface area contributed by atoms with Crippen molar-refractivity contribution in [2.24, 2.45) is 0 Å². The maximum absolute atomic E-state index is 4.55. The van der Waals surface area contributed by atoms with E-state index >= 15 is 0 Å². The molecule has 3 heteroatoms. The Morgan fingerprint density at radius 3 is 2.93 bits per heavy atom. The molecular weight excluding hydrogens is 252 g/mol. The van der Waals surface area contributed by atoms with Gasteiger partial charge in [0.1, 0.15) is 5.65 Å². The van der Waals surface area contributed by atoms with Gasteiger partial charge in [0.2, 0.25) is 0 Å². The summed E-state index contributed by atoms with van der Waals surface area (Å²) in [6, 6.07) is 10.4. The molecule has 0 unspecified atom stereocenters. The second-order valence-corrected chi connectivity index (χ2v) is 4.59. The predicted octanol–water partition coefficient (Wildman–Crippen LogP) is 3.56. The highest BCUT2D eigenvalue weighted by Crippen LogP contribution is 2.20. The lowest BCUT2D eigenvalue weighted by Crippen LogP contribution is -1.83. The van der Waals surface area contributed by atoms with E-state index in [1.54, 1.807) is 0 Å². The maximum atomic E-state index is 4.55. The van der Waals surface area contributed by atoms with E-state index in [-0.39, 0.29) is 0 Å². The molecular formula is C12H9BrN2. The first-order valence-electron chi connectivity index (χ1n) is 4.78. The number of rotatable bonds is 0. The van der Waals surface area contributed by atoms with Crippen LogP contribution < -0.4 is 0 Å². The molecule has 15 heavy (non-hydrogen) atoms. The van der Waals surface area contributed by atoms with Gasteiger partial charge in [0, 0.05) is 10.7 Å². The third-order valence-electron chi connectivity index (χ3n) is 2.52. The van der Waals surface area contributed by atoms with Crippen LogP contribution in [0.25, 0.3) is 16.7 Å². The van der Waals surface area contributed by atoms with Gasteiger partial charge in [-0.1, -0.05) is 22.0 Å². The quantitative estimate of drug-likeness (QED) is 0.604. The first-order valence-corrected chi connectivity index (χ1v) is 5.57. The molecule has 3 aromatic rings. The number of aryl methyl sites for hydroxylation is 1. The zero-order valence-electron chi connectivity index (χ0n) is 8.24. The normalized spacial score (nSPS) is 11.3. The van der Waals surface area contributed by atoms with Crippen molar-refractivity contribution in [3.63, 3.8) is 0 Å². The van der Waals surface area contributed by atoms with Crippen molar-refractivity contribution in [2.45, 2.75) is 6.92 Å². The number of pyridine rings is 1. The average molecular weight is 261 g/mol. The Kier molecular flexibility index (Phi) is 1.83. The zero-order chi connectivity index (χ0) is 10.4. The SMILES string of the molecule is Cc1ccc2nc3cc(Br)ccn3c2c1. The fraction of sp³-hybridized carbons (Fsp3) is 0.0833. The smallest absolute Gasteiger partial charge is 0.139 e. The molecule has 0 aliphatic rings. The third-order valence-corrected chi connectivity index (χ3v) is 3.02. The Hall–Kier alpha value is -1.35. The molecule has 1 aromatic carbocycles. The number of fused-ring (bicyclic) bond motifs is 3. The Balaban J connectivity index is 2.53. The lowest BCUT2D eigenvalue weighted by atomic mass is 10.2. The molecule has 0 spiro atoms. The highest BCUT2D eigenvalue weighted by molar-refractivity contribution is 9.10. The van der Waals surface area contributed by atoms with Crippen LogP contribution in [0.1, 0.15) is 5.56 Å². The summed E-state index contributed by atoms with van der Waals surface area (Å²) in [4.78, 5) is 4.55. The highest BCUT2D eigenvalue weighted by Gasteiger charge is 2.03. The number of benzene rings is 1. The van der Waals surface area contributed by atoms with Crippen LogP contribution in [0.15, 0.2) is 41.0 Å². The molecule has 0 fully saturated rings. The summed E-state index contributed by atoms with van der Waals surface area (Å²) in [6.07, 6.45) is 2.04. The van der Waals surface area contributed by atoms with E-state index in [0.29, 0.717) is 0 Å². The van der Waals surface area contributed by atoms with Gasteiger partial charge in [-0.15, -0.1) is 0 Å². The summed E-state index contributed by atoms with van der Waals surface area (Å²) in [7, 11) is 0. The van der Waals surface area contributed by atoms with E-state index in [1.165, 1.54) is 5.56 Å². The summed E-state index contributed by atoms with van der Waals surface area (Å²) in [5, 5.41) is 0. The van der Waals surface area contributed by atoms with E-state index in [1.807, 2.05) is 18.3 Å². The molecule has 0 bridgehead atoms. The minimum atomic E-state index is 0.977. The standard InChI is InChI=1S/C12H9BrN2/c1-8-2-3-10-11(6-8)15-5-4-9(13)7-12(15)14-10/h2-7H,1H3. The predicted molar refractivity (Wildman–Crippen MR) is 65.1 cm³/mol. The third kappa shape index (κ3) is 1.35. The number of nitrogens with zero attached hydrogens (tertiary/aromatic N) is 2. The van der Waals surface area contributed by atoms with Gasteiger partial charge in [-0.05, 0) is 36.8 Å². The maximum Gasteiger partial charge on any atom is 0.139 e. The van der Waals surface area contributed by atoms with Crippen molar-refractivity contribution in [2.75, 3.05) is 0 Å². The van der Waals surface area contributed by atoms with Gasteiger partial charge in [0.05, 0.1) is 11.0 Å².